The third-order valence-electron chi connectivity index (χ3n) is 1.90. The monoisotopic (exact) mass is 154 g/mol. The minimum atomic E-state index is 0.112. The van der Waals surface area contributed by atoms with Crippen LogP contribution in [-0.2, 0) is 4.74 Å². The van der Waals surface area contributed by atoms with Gasteiger partial charge in [0.2, 0.25) is 5.88 Å². The van der Waals surface area contributed by atoms with Crippen LogP contribution in [0.25, 0.3) is 0 Å². The van der Waals surface area contributed by atoms with Crippen LogP contribution < -0.4 is 5.73 Å². The molecule has 0 spiro atoms. The van der Waals surface area contributed by atoms with Gasteiger partial charge in [-0.2, -0.15) is 0 Å². The molecule has 60 valence electrons. The van der Waals surface area contributed by atoms with Crippen LogP contribution in [0.15, 0.2) is 10.7 Å². The van der Waals surface area contributed by atoms with Crippen molar-refractivity contribution in [1.29, 1.82) is 0 Å². The predicted octanol–water partition coefficient (Wildman–Crippen LogP) is 1.11. The van der Waals surface area contributed by atoms with Gasteiger partial charge in [-0.15, -0.1) is 0 Å². The summed E-state index contributed by atoms with van der Waals surface area (Å²) in [7, 11) is 0. The Bertz CT molecular complexity index is 240. The Balaban J connectivity index is 2.21. The number of nitrogens with two attached hydrogens (primary N) is 1. The highest BCUT2D eigenvalue weighted by Gasteiger charge is 2.21. The van der Waals surface area contributed by atoms with Crippen molar-refractivity contribution in [1.82, 2.24) is 5.16 Å². The first-order valence-electron chi connectivity index (χ1n) is 3.69. The van der Waals surface area contributed by atoms with Crippen LogP contribution in [0, 0.1) is 0 Å². The van der Waals surface area contributed by atoms with Gasteiger partial charge in [0.05, 0.1) is 17.9 Å². The molecule has 0 amide bonds. The first-order chi connectivity index (χ1) is 5.38. The maximum Gasteiger partial charge on any atom is 0.227 e. The summed E-state index contributed by atoms with van der Waals surface area (Å²) in [6.07, 6.45) is 3.85. The summed E-state index contributed by atoms with van der Waals surface area (Å²) in [5, 5.41) is 3.59. The zero-order valence-electron chi connectivity index (χ0n) is 6.12. The molecule has 0 saturated carbocycles. The highest BCUT2D eigenvalue weighted by molar-refractivity contribution is 5.35. The number of hydrogen-bond acceptors (Lipinski definition) is 4. The lowest BCUT2D eigenvalue weighted by molar-refractivity contribution is 0.112. The number of ether oxygens (including phenoxy) is 1. The van der Waals surface area contributed by atoms with Gasteiger partial charge in [0.25, 0.3) is 0 Å². The lowest BCUT2D eigenvalue weighted by Crippen LogP contribution is -1.97. The van der Waals surface area contributed by atoms with E-state index < -0.39 is 0 Å². The van der Waals surface area contributed by atoms with Gasteiger partial charge >= 0.3 is 0 Å². The Labute approximate surface area is 64.3 Å². The molecule has 2 heterocycles. The van der Waals surface area contributed by atoms with E-state index >= 15 is 0 Å². The maximum absolute atomic E-state index is 5.51. The van der Waals surface area contributed by atoms with Gasteiger partial charge < -0.3 is 15.0 Å². The summed E-state index contributed by atoms with van der Waals surface area (Å²) in [5.74, 6) is 0.386. The molecular formula is C7H10N2O2. The van der Waals surface area contributed by atoms with Crippen LogP contribution in [0.2, 0.25) is 0 Å². The molecule has 4 heteroatoms. The number of rotatable bonds is 1. The first-order valence-corrected chi connectivity index (χ1v) is 3.69. The van der Waals surface area contributed by atoms with Crippen molar-refractivity contribution in [3.8, 4) is 0 Å². The van der Waals surface area contributed by atoms with Gasteiger partial charge in [0.15, 0.2) is 0 Å². The van der Waals surface area contributed by atoms with Crippen LogP contribution in [-0.4, -0.2) is 11.8 Å². The summed E-state index contributed by atoms with van der Waals surface area (Å²) >= 11 is 0. The minimum absolute atomic E-state index is 0.112. The average molecular weight is 154 g/mol. The van der Waals surface area contributed by atoms with Crippen LogP contribution in [0.4, 0.5) is 5.88 Å². The molecule has 1 aliphatic rings. The molecule has 2 rings (SSSR count). The summed E-state index contributed by atoms with van der Waals surface area (Å²) in [6, 6.07) is 0. The molecule has 2 N–H and O–H groups in total. The van der Waals surface area contributed by atoms with Crippen LogP contribution >= 0.6 is 0 Å². The normalized spacial score (nSPS) is 24.2. The van der Waals surface area contributed by atoms with Gasteiger partial charge in [-0.3, -0.25) is 0 Å². The largest absolute Gasteiger partial charge is 0.373 e. The molecule has 0 radical (unpaired) electrons. The Morgan fingerprint density at radius 3 is 3.09 bits per heavy atom. The molecule has 0 aliphatic carbocycles. The van der Waals surface area contributed by atoms with E-state index in [9.17, 15) is 0 Å². The second kappa shape index (κ2) is 2.54. The minimum Gasteiger partial charge on any atom is -0.373 e. The maximum atomic E-state index is 5.51. The second-order valence-electron chi connectivity index (χ2n) is 2.65. The van der Waals surface area contributed by atoms with Gasteiger partial charge in [-0.1, -0.05) is 5.16 Å². The smallest absolute Gasteiger partial charge is 0.227 e. The van der Waals surface area contributed by atoms with Gasteiger partial charge in [0, 0.05) is 6.61 Å². The van der Waals surface area contributed by atoms with Crippen molar-refractivity contribution in [2.24, 2.45) is 0 Å². The Kier molecular flexibility index (Phi) is 1.54. The van der Waals surface area contributed by atoms with Crippen LogP contribution in [0.5, 0.6) is 0 Å². The molecule has 1 fully saturated rings. The summed E-state index contributed by atoms with van der Waals surface area (Å²) < 4.78 is 10.1. The lowest BCUT2D eigenvalue weighted by atomic mass is 10.1. The number of hydrogen-bond donors (Lipinski definition) is 1. The number of nitrogen functional groups attached to an aromatic ring is 1. The summed E-state index contributed by atoms with van der Waals surface area (Å²) in [6.45, 7) is 0.815. The van der Waals surface area contributed by atoms with E-state index in [-0.39, 0.29) is 6.10 Å². The SMILES string of the molecule is Nc1oncc1C1CCCO1. The zero-order chi connectivity index (χ0) is 7.68. The molecule has 4 nitrogen and oxygen atoms in total. The van der Waals surface area contributed by atoms with E-state index in [1.165, 1.54) is 0 Å². The Hall–Kier alpha value is -1.03. The molecule has 0 aromatic carbocycles. The van der Waals surface area contributed by atoms with Crippen LogP contribution in [0.3, 0.4) is 0 Å². The molecule has 11 heavy (non-hydrogen) atoms. The van der Waals surface area contributed by atoms with Crippen molar-refractivity contribution in [2.45, 2.75) is 18.9 Å². The molecule has 0 bridgehead atoms. The number of nitrogens with zero attached hydrogens (tertiary/aromatic N) is 1. The van der Waals surface area contributed by atoms with E-state index in [2.05, 4.69) is 5.16 Å². The number of aromatic nitrogens is 1. The molecule has 1 atom stereocenters. The molecule has 1 aromatic heterocycles. The van der Waals surface area contributed by atoms with E-state index in [4.69, 9.17) is 15.0 Å². The molecule has 1 saturated heterocycles. The molecule has 1 aromatic rings. The number of anilines is 1. The highest BCUT2D eigenvalue weighted by atomic mass is 16.5. The molecule has 1 unspecified atom stereocenters. The fourth-order valence-corrected chi connectivity index (χ4v) is 1.32. The van der Waals surface area contributed by atoms with Crippen molar-refractivity contribution in [3.63, 3.8) is 0 Å². The topological polar surface area (TPSA) is 61.3 Å². The predicted molar refractivity (Wildman–Crippen MR) is 38.8 cm³/mol. The third kappa shape index (κ3) is 1.09. The average Bonchev–Trinajstić information content (AvgIpc) is 2.55. The standard InChI is InChI=1S/C7H10N2O2/c8-7-5(4-9-11-7)6-2-1-3-10-6/h4,6H,1-3,8H2. The zero-order valence-corrected chi connectivity index (χ0v) is 6.12. The van der Waals surface area contributed by atoms with E-state index in [0.717, 1.165) is 25.0 Å². The first kappa shape index (κ1) is 6.67. The second-order valence-corrected chi connectivity index (χ2v) is 2.65. The van der Waals surface area contributed by atoms with Crippen molar-refractivity contribution >= 4 is 5.88 Å². The van der Waals surface area contributed by atoms with Gasteiger partial charge in [-0.25, -0.2) is 0 Å². The quantitative estimate of drug-likeness (QED) is 0.658. The van der Waals surface area contributed by atoms with Gasteiger partial charge in [0.1, 0.15) is 0 Å². The fraction of sp³-hybridized carbons (Fsp3) is 0.571. The lowest BCUT2D eigenvalue weighted by Gasteiger charge is -2.04. The fourth-order valence-electron chi connectivity index (χ4n) is 1.32. The van der Waals surface area contributed by atoms with Gasteiger partial charge in [-0.05, 0) is 12.8 Å². The summed E-state index contributed by atoms with van der Waals surface area (Å²) in [5.41, 5.74) is 6.40. The van der Waals surface area contributed by atoms with Crippen molar-refractivity contribution in [2.75, 3.05) is 12.3 Å². The van der Waals surface area contributed by atoms with Crippen LogP contribution in [0.1, 0.15) is 24.5 Å². The van der Waals surface area contributed by atoms with E-state index in [1.807, 2.05) is 0 Å². The Morgan fingerprint density at radius 2 is 2.55 bits per heavy atom. The molecular weight excluding hydrogens is 144 g/mol. The van der Waals surface area contributed by atoms with Crippen molar-refractivity contribution < 1.29 is 9.26 Å². The van der Waals surface area contributed by atoms with E-state index in [0.29, 0.717) is 5.88 Å². The highest BCUT2D eigenvalue weighted by Crippen LogP contribution is 2.31. The third-order valence-corrected chi connectivity index (χ3v) is 1.90. The van der Waals surface area contributed by atoms with Crippen molar-refractivity contribution in [3.05, 3.63) is 11.8 Å². The molecule has 1 aliphatic heterocycles. The summed E-state index contributed by atoms with van der Waals surface area (Å²) in [4.78, 5) is 0. The van der Waals surface area contributed by atoms with E-state index in [1.54, 1.807) is 6.20 Å². The Morgan fingerprint density at radius 1 is 1.64 bits per heavy atom.